The monoisotopic (exact) mass is 500 g/mol. The molecule has 0 saturated carbocycles. The van der Waals surface area contributed by atoms with Crippen LogP contribution in [0.2, 0.25) is 0 Å². The molecule has 2 N–H and O–H groups in total. The number of amides is 2. The maximum absolute atomic E-state index is 14.4. The van der Waals surface area contributed by atoms with Gasteiger partial charge in [0.25, 0.3) is 0 Å². The van der Waals surface area contributed by atoms with Gasteiger partial charge < -0.3 is 20.0 Å². The summed E-state index contributed by atoms with van der Waals surface area (Å²) in [6.45, 7) is 10.1. The van der Waals surface area contributed by atoms with Crippen molar-refractivity contribution in [2.45, 2.75) is 68.2 Å². The lowest BCUT2D eigenvalue weighted by molar-refractivity contribution is -0.151. The largest absolute Gasteiger partial charge is 0.481 e. The van der Waals surface area contributed by atoms with Crippen molar-refractivity contribution in [3.8, 4) is 0 Å². The van der Waals surface area contributed by atoms with Crippen molar-refractivity contribution in [2.24, 2.45) is 17.8 Å². The molecule has 3 aliphatic rings. The van der Waals surface area contributed by atoms with Gasteiger partial charge in [0.1, 0.15) is 6.04 Å². The second-order valence-corrected chi connectivity index (χ2v) is 12.3. The lowest BCUT2D eigenvalue weighted by Gasteiger charge is -2.41. The first kappa shape index (κ1) is 25.8. The third-order valence-electron chi connectivity index (χ3n) is 8.44. The predicted molar refractivity (Wildman–Crippen MR) is 136 cm³/mol. The Morgan fingerprint density at radius 2 is 2.00 bits per heavy atom. The Labute approximate surface area is 211 Å². The van der Waals surface area contributed by atoms with Gasteiger partial charge in [-0.15, -0.1) is 18.3 Å². The molecule has 1 aromatic carbocycles. The number of fused-ring (bicyclic) bond motifs is 1. The van der Waals surface area contributed by atoms with Crippen molar-refractivity contribution >= 4 is 29.5 Å². The van der Waals surface area contributed by atoms with Crippen molar-refractivity contribution < 1.29 is 24.6 Å². The van der Waals surface area contributed by atoms with Crippen LogP contribution in [0.1, 0.15) is 45.6 Å². The number of rotatable bonds is 10. The lowest BCUT2D eigenvalue weighted by atomic mass is 9.66. The summed E-state index contributed by atoms with van der Waals surface area (Å²) in [4.78, 5) is 44.1. The van der Waals surface area contributed by atoms with E-state index in [0.717, 1.165) is 12.0 Å². The minimum Gasteiger partial charge on any atom is -0.481 e. The van der Waals surface area contributed by atoms with E-state index in [9.17, 15) is 24.6 Å². The summed E-state index contributed by atoms with van der Waals surface area (Å²) in [5, 5.41) is 20.6. The summed E-state index contributed by atoms with van der Waals surface area (Å²) in [5.74, 6) is -3.16. The van der Waals surface area contributed by atoms with Gasteiger partial charge in [0, 0.05) is 17.8 Å². The molecule has 3 heterocycles. The number of hydrogen-bond acceptors (Lipinski definition) is 5. The second-order valence-electron chi connectivity index (χ2n) is 10.4. The molecule has 2 bridgehead atoms. The number of aliphatic carboxylic acids is 1. The standard InChI is InChI=1S/C27H36N2O5S/c1-5-14-28(15-18-10-8-7-9-11-18)24(32)22-27-13-12-26(4,35-27)21(25(33)34)20(27)23(31)29(22)19(16-30)17(3)6-2/h5,7-11,17,19-22,30H,1,6,12-16H2,2-4H3,(H,33,34)/t17-,19-,20-,21-,22?,26+,27?/m0/s1. The van der Waals surface area contributed by atoms with Crippen LogP contribution in [-0.4, -0.2) is 72.5 Å². The minimum absolute atomic E-state index is 0.0440. The number of thioether (sulfide) groups is 1. The highest BCUT2D eigenvalue weighted by Gasteiger charge is 2.78. The molecule has 2 amide bonds. The van der Waals surface area contributed by atoms with Gasteiger partial charge in [-0.25, -0.2) is 0 Å². The summed E-state index contributed by atoms with van der Waals surface area (Å²) < 4.78 is -1.41. The van der Waals surface area contributed by atoms with Gasteiger partial charge in [-0.2, -0.15) is 0 Å². The number of benzene rings is 1. The summed E-state index contributed by atoms with van der Waals surface area (Å²) in [5.41, 5.74) is 0.965. The fourth-order valence-corrected chi connectivity index (χ4v) is 8.89. The number of carboxylic acids is 1. The Hall–Kier alpha value is -2.32. The first-order valence-corrected chi connectivity index (χ1v) is 13.3. The van der Waals surface area contributed by atoms with Crippen molar-refractivity contribution in [3.05, 3.63) is 48.6 Å². The lowest BCUT2D eigenvalue weighted by Crippen LogP contribution is -2.58. The Kier molecular flexibility index (Phi) is 7.08. The number of carboxylic acid groups (broad SMARTS) is 1. The van der Waals surface area contributed by atoms with Gasteiger partial charge in [-0.3, -0.25) is 14.4 Å². The summed E-state index contributed by atoms with van der Waals surface area (Å²) in [6, 6.07) is 8.29. The predicted octanol–water partition coefficient (Wildman–Crippen LogP) is 3.17. The smallest absolute Gasteiger partial charge is 0.308 e. The molecule has 0 aromatic heterocycles. The van der Waals surface area contributed by atoms with Crippen LogP contribution in [0.3, 0.4) is 0 Å². The molecule has 190 valence electrons. The van der Waals surface area contributed by atoms with E-state index in [1.54, 1.807) is 15.9 Å². The van der Waals surface area contributed by atoms with Crippen LogP contribution < -0.4 is 0 Å². The quantitative estimate of drug-likeness (QED) is 0.479. The van der Waals surface area contributed by atoms with E-state index in [1.807, 2.05) is 51.1 Å². The Morgan fingerprint density at radius 3 is 2.57 bits per heavy atom. The SMILES string of the molecule is C=CCN(Cc1ccccc1)C(=O)C1N([C@@H](CO)[C@@H](C)CC)C(=O)[C@@H]2[C@@H](C(=O)O)[C@@]3(C)CCC12S3. The molecule has 8 heteroatoms. The third kappa shape index (κ3) is 3.99. The zero-order valence-electron chi connectivity index (χ0n) is 20.7. The zero-order valence-corrected chi connectivity index (χ0v) is 21.5. The van der Waals surface area contributed by atoms with Crippen LogP contribution in [0, 0.1) is 17.8 Å². The van der Waals surface area contributed by atoms with E-state index in [4.69, 9.17) is 0 Å². The number of nitrogens with zero attached hydrogens (tertiary/aromatic N) is 2. The first-order chi connectivity index (χ1) is 16.6. The second kappa shape index (κ2) is 9.62. The van der Waals surface area contributed by atoms with Gasteiger partial charge in [-0.05, 0) is 31.2 Å². The average Bonchev–Trinajstić information content (AvgIpc) is 3.40. The van der Waals surface area contributed by atoms with Crippen molar-refractivity contribution in [1.82, 2.24) is 9.80 Å². The molecule has 1 spiro atoms. The number of carbonyl (C=O) groups excluding carboxylic acids is 2. The van der Waals surface area contributed by atoms with Gasteiger partial charge >= 0.3 is 5.97 Å². The van der Waals surface area contributed by atoms with E-state index < -0.39 is 39.4 Å². The number of hydrogen-bond donors (Lipinski definition) is 2. The molecular weight excluding hydrogens is 464 g/mol. The van der Waals surface area contributed by atoms with Crippen LogP contribution in [0.4, 0.5) is 0 Å². The molecular formula is C27H36N2O5S. The highest BCUT2D eigenvalue weighted by atomic mass is 32.2. The topological polar surface area (TPSA) is 98.2 Å². The third-order valence-corrected chi connectivity index (χ3v) is 10.4. The molecule has 3 aliphatic heterocycles. The van der Waals surface area contributed by atoms with E-state index in [-0.39, 0.29) is 24.3 Å². The number of likely N-dealkylation sites (tertiary alicyclic amines) is 1. The number of carbonyl (C=O) groups is 3. The average molecular weight is 501 g/mol. The molecule has 7 nitrogen and oxygen atoms in total. The minimum atomic E-state index is -0.982. The molecule has 1 aromatic rings. The van der Waals surface area contributed by atoms with E-state index in [0.29, 0.717) is 25.9 Å². The maximum Gasteiger partial charge on any atom is 0.308 e. The molecule has 35 heavy (non-hydrogen) atoms. The van der Waals surface area contributed by atoms with Gasteiger partial charge in [-0.1, -0.05) is 56.7 Å². The number of aliphatic hydroxyl groups is 1. The molecule has 0 radical (unpaired) electrons. The van der Waals surface area contributed by atoms with Crippen LogP contribution >= 0.6 is 11.8 Å². The fourth-order valence-electron chi connectivity index (χ4n) is 6.56. The number of aliphatic hydroxyl groups excluding tert-OH is 1. The fraction of sp³-hybridized carbons (Fsp3) is 0.593. The van der Waals surface area contributed by atoms with Crippen LogP contribution in [0.25, 0.3) is 0 Å². The van der Waals surface area contributed by atoms with Crippen molar-refractivity contribution in [1.29, 1.82) is 0 Å². The van der Waals surface area contributed by atoms with E-state index in [2.05, 4.69) is 6.58 Å². The molecule has 4 rings (SSSR count). The molecule has 3 saturated heterocycles. The van der Waals surface area contributed by atoms with Gasteiger partial charge in [0.15, 0.2) is 0 Å². The van der Waals surface area contributed by atoms with Crippen molar-refractivity contribution in [3.63, 3.8) is 0 Å². The summed E-state index contributed by atoms with van der Waals surface area (Å²) >= 11 is 1.52. The van der Waals surface area contributed by atoms with Crippen LogP contribution in [0.15, 0.2) is 43.0 Å². The summed E-state index contributed by atoms with van der Waals surface area (Å²) in [6.07, 6.45) is 3.65. The normalized spacial score (nSPS) is 32.9. The molecule has 3 fully saturated rings. The Balaban J connectivity index is 1.81. The highest BCUT2D eigenvalue weighted by Crippen LogP contribution is 2.71. The molecule has 0 aliphatic carbocycles. The summed E-state index contributed by atoms with van der Waals surface area (Å²) in [7, 11) is 0. The van der Waals surface area contributed by atoms with Crippen molar-refractivity contribution in [2.75, 3.05) is 13.2 Å². The van der Waals surface area contributed by atoms with Crippen LogP contribution in [-0.2, 0) is 20.9 Å². The van der Waals surface area contributed by atoms with Gasteiger partial charge in [0.2, 0.25) is 11.8 Å². The molecule has 2 unspecified atom stereocenters. The first-order valence-electron chi connectivity index (χ1n) is 12.4. The van der Waals surface area contributed by atoms with E-state index in [1.165, 1.54) is 11.8 Å². The highest BCUT2D eigenvalue weighted by molar-refractivity contribution is 8.02. The zero-order chi connectivity index (χ0) is 25.5. The van der Waals surface area contributed by atoms with Crippen LogP contribution in [0.5, 0.6) is 0 Å². The van der Waals surface area contributed by atoms with Gasteiger partial charge in [0.05, 0.1) is 29.2 Å². The Morgan fingerprint density at radius 1 is 1.31 bits per heavy atom. The Bertz CT molecular complexity index is 1000. The molecule has 7 atom stereocenters. The maximum atomic E-state index is 14.4. The van der Waals surface area contributed by atoms with E-state index >= 15 is 0 Å².